The molecule has 0 aliphatic carbocycles. The molecule has 0 aliphatic rings. The molecule has 0 radical (unpaired) electrons. The summed E-state index contributed by atoms with van der Waals surface area (Å²) >= 11 is 0. The van der Waals surface area contributed by atoms with Gasteiger partial charge in [0.2, 0.25) is 0 Å². The number of rotatable bonds is 3. The van der Waals surface area contributed by atoms with Crippen LogP contribution in [0.3, 0.4) is 0 Å². The molecule has 18 heavy (non-hydrogen) atoms. The number of likely N-dealkylation sites (N-methyl/N-ethyl adjacent to an activating group) is 1. The molecule has 0 spiro atoms. The molecule has 0 saturated heterocycles. The Morgan fingerprint density at radius 3 is 2.50 bits per heavy atom. The minimum atomic E-state index is -1.19. The van der Waals surface area contributed by atoms with Crippen molar-refractivity contribution in [2.24, 2.45) is 0 Å². The first-order valence-electron chi connectivity index (χ1n) is 5.04. The summed E-state index contributed by atoms with van der Waals surface area (Å²) in [7, 11) is 1.26. The standard InChI is InChI=1S/C11H12F2N2O3/c1-6(10(16)17)15(2)11(18)14-9-4-3-7(12)5-8(9)13/h3-6H,1-2H3,(H,14,18)(H,16,17). The molecular formula is C11H12F2N2O3. The second-order valence-electron chi connectivity index (χ2n) is 3.68. The number of carbonyl (C=O) groups excluding carboxylic acids is 1. The monoisotopic (exact) mass is 258 g/mol. The summed E-state index contributed by atoms with van der Waals surface area (Å²) in [6.07, 6.45) is 0. The van der Waals surface area contributed by atoms with Gasteiger partial charge in [-0.3, -0.25) is 0 Å². The van der Waals surface area contributed by atoms with Crippen LogP contribution < -0.4 is 5.32 Å². The first kappa shape index (κ1) is 13.9. The number of urea groups is 1. The molecule has 2 amide bonds. The van der Waals surface area contributed by atoms with E-state index in [1.807, 2.05) is 0 Å². The molecule has 98 valence electrons. The van der Waals surface area contributed by atoms with Crippen LogP contribution in [0.15, 0.2) is 18.2 Å². The highest BCUT2D eigenvalue weighted by atomic mass is 19.1. The zero-order chi connectivity index (χ0) is 13.9. The van der Waals surface area contributed by atoms with Crippen molar-refractivity contribution in [3.63, 3.8) is 0 Å². The van der Waals surface area contributed by atoms with Gasteiger partial charge in [0.25, 0.3) is 0 Å². The number of hydrogen-bond donors (Lipinski definition) is 2. The van der Waals surface area contributed by atoms with Crippen molar-refractivity contribution in [3.05, 3.63) is 29.8 Å². The van der Waals surface area contributed by atoms with Crippen molar-refractivity contribution in [2.75, 3.05) is 12.4 Å². The van der Waals surface area contributed by atoms with Crippen LogP contribution in [-0.4, -0.2) is 35.1 Å². The molecule has 0 aliphatic heterocycles. The lowest BCUT2D eigenvalue weighted by Gasteiger charge is -2.21. The van der Waals surface area contributed by atoms with E-state index in [1.165, 1.54) is 14.0 Å². The smallest absolute Gasteiger partial charge is 0.326 e. The van der Waals surface area contributed by atoms with Gasteiger partial charge in [0, 0.05) is 13.1 Å². The van der Waals surface area contributed by atoms with E-state index in [4.69, 9.17) is 5.11 Å². The summed E-state index contributed by atoms with van der Waals surface area (Å²) in [5.41, 5.74) is -0.217. The van der Waals surface area contributed by atoms with Gasteiger partial charge in [-0.2, -0.15) is 0 Å². The summed E-state index contributed by atoms with van der Waals surface area (Å²) in [5, 5.41) is 10.9. The first-order chi connectivity index (χ1) is 8.32. The number of anilines is 1. The van der Waals surface area contributed by atoms with Gasteiger partial charge in [0.1, 0.15) is 17.7 Å². The Morgan fingerprint density at radius 2 is 2.00 bits per heavy atom. The van der Waals surface area contributed by atoms with Gasteiger partial charge in [-0.25, -0.2) is 18.4 Å². The fourth-order valence-corrected chi connectivity index (χ4v) is 1.14. The minimum absolute atomic E-state index is 0.217. The van der Waals surface area contributed by atoms with E-state index < -0.39 is 29.7 Å². The molecule has 1 unspecified atom stereocenters. The van der Waals surface area contributed by atoms with Crippen LogP contribution in [0.5, 0.6) is 0 Å². The second kappa shape index (κ2) is 5.44. The molecule has 2 N–H and O–H groups in total. The Balaban J connectivity index is 2.78. The van der Waals surface area contributed by atoms with Crippen LogP contribution in [-0.2, 0) is 4.79 Å². The molecule has 0 aromatic heterocycles. The minimum Gasteiger partial charge on any atom is -0.480 e. The molecular weight excluding hydrogens is 246 g/mol. The fourth-order valence-electron chi connectivity index (χ4n) is 1.14. The molecule has 0 saturated carbocycles. The molecule has 1 aromatic carbocycles. The van der Waals surface area contributed by atoms with Gasteiger partial charge in [0.15, 0.2) is 0 Å². The van der Waals surface area contributed by atoms with Gasteiger partial charge in [-0.1, -0.05) is 0 Å². The Bertz CT molecular complexity index is 479. The first-order valence-corrected chi connectivity index (χ1v) is 5.04. The molecule has 5 nitrogen and oxygen atoms in total. The summed E-state index contributed by atoms with van der Waals surface area (Å²) in [5.74, 6) is -2.88. The molecule has 7 heteroatoms. The van der Waals surface area contributed by atoms with Crippen molar-refractivity contribution in [1.82, 2.24) is 4.90 Å². The summed E-state index contributed by atoms with van der Waals surface area (Å²) in [4.78, 5) is 23.1. The number of carboxylic acid groups (broad SMARTS) is 1. The molecule has 0 fully saturated rings. The molecule has 1 atom stereocenters. The third-order valence-corrected chi connectivity index (χ3v) is 2.43. The topological polar surface area (TPSA) is 69.6 Å². The molecule has 1 aromatic rings. The van der Waals surface area contributed by atoms with Crippen LogP contribution in [0, 0.1) is 11.6 Å². The predicted octanol–water partition coefficient (Wildman–Crippen LogP) is 1.90. The van der Waals surface area contributed by atoms with E-state index in [0.29, 0.717) is 6.07 Å². The third-order valence-electron chi connectivity index (χ3n) is 2.43. The average molecular weight is 258 g/mol. The summed E-state index contributed by atoms with van der Waals surface area (Å²) < 4.78 is 25.9. The maximum absolute atomic E-state index is 13.2. The highest BCUT2D eigenvalue weighted by Gasteiger charge is 2.22. The number of benzene rings is 1. The van der Waals surface area contributed by atoms with E-state index in [0.717, 1.165) is 17.0 Å². The van der Waals surface area contributed by atoms with Gasteiger partial charge >= 0.3 is 12.0 Å². The van der Waals surface area contributed by atoms with E-state index in [1.54, 1.807) is 0 Å². The molecule has 0 bridgehead atoms. The zero-order valence-electron chi connectivity index (χ0n) is 9.78. The lowest BCUT2D eigenvalue weighted by molar-refractivity contribution is -0.141. The van der Waals surface area contributed by atoms with Gasteiger partial charge in [0.05, 0.1) is 5.69 Å². The van der Waals surface area contributed by atoms with E-state index in [9.17, 15) is 18.4 Å². The quantitative estimate of drug-likeness (QED) is 0.870. The number of carboxylic acids is 1. The highest BCUT2D eigenvalue weighted by Crippen LogP contribution is 2.15. The zero-order valence-corrected chi connectivity index (χ0v) is 9.78. The average Bonchev–Trinajstić information content (AvgIpc) is 2.30. The lowest BCUT2D eigenvalue weighted by Crippen LogP contribution is -2.42. The lowest BCUT2D eigenvalue weighted by atomic mass is 10.3. The number of aliphatic carboxylic acids is 1. The number of nitrogens with zero attached hydrogens (tertiary/aromatic N) is 1. The van der Waals surface area contributed by atoms with Crippen LogP contribution >= 0.6 is 0 Å². The molecule has 1 rings (SSSR count). The van der Waals surface area contributed by atoms with Crippen LogP contribution in [0.1, 0.15) is 6.92 Å². The maximum atomic E-state index is 13.2. The van der Waals surface area contributed by atoms with Crippen LogP contribution in [0.4, 0.5) is 19.3 Å². The van der Waals surface area contributed by atoms with E-state index in [2.05, 4.69) is 5.32 Å². The maximum Gasteiger partial charge on any atom is 0.326 e. The van der Waals surface area contributed by atoms with Crippen LogP contribution in [0.25, 0.3) is 0 Å². The third kappa shape index (κ3) is 3.16. The Morgan fingerprint density at radius 1 is 1.39 bits per heavy atom. The van der Waals surface area contributed by atoms with E-state index >= 15 is 0 Å². The second-order valence-corrected chi connectivity index (χ2v) is 3.68. The Hall–Kier alpha value is -2.18. The highest BCUT2D eigenvalue weighted by molar-refractivity contribution is 5.92. The molecule has 0 heterocycles. The Labute approximate surface area is 102 Å². The normalized spacial score (nSPS) is 11.8. The van der Waals surface area contributed by atoms with Gasteiger partial charge in [-0.05, 0) is 19.1 Å². The fraction of sp³-hybridized carbons (Fsp3) is 0.273. The number of carbonyl (C=O) groups is 2. The SMILES string of the molecule is CC(C(=O)O)N(C)C(=O)Nc1ccc(F)cc1F. The predicted molar refractivity (Wildman–Crippen MR) is 60.2 cm³/mol. The number of hydrogen-bond acceptors (Lipinski definition) is 2. The number of halogens is 2. The van der Waals surface area contributed by atoms with Crippen molar-refractivity contribution in [1.29, 1.82) is 0 Å². The van der Waals surface area contributed by atoms with Crippen molar-refractivity contribution >= 4 is 17.7 Å². The van der Waals surface area contributed by atoms with E-state index in [-0.39, 0.29) is 5.69 Å². The summed E-state index contributed by atoms with van der Waals surface area (Å²) in [6.45, 7) is 1.31. The largest absolute Gasteiger partial charge is 0.480 e. The Kier molecular flexibility index (Phi) is 4.19. The van der Waals surface area contributed by atoms with Crippen molar-refractivity contribution in [3.8, 4) is 0 Å². The number of amides is 2. The van der Waals surface area contributed by atoms with Crippen LogP contribution in [0.2, 0.25) is 0 Å². The van der Waals surface area contributed by atoms with Gasteiger partial charge in [-0.15, -0.1) is 0 Å². The number of nitrogens with one attached hydrogen (secondary N) is 1. The van der Waals surface area contributed by atoms with Gasteiger partial charge < -0.3 is 15.3 Å². The van der Waals surface area contributed by atoms with Crippen molar-refractivity contribution < 1.29 is 23.5 Å². The van der Waals surface area contributed by atoms with Crippen molar-refractivity contribution in [2.45, 2.75) is 13.0 Å². The summed E-state index contributed by atoms with van der Waals surface area (Å²) in [6, 6.07) is 0.807.